The molecule has 1 aromatic rings. The Balaban J connectivity index is 1.56. The fourth-order valence-electron chi connectivity index (χ4n) is 2.65. The topological polar surface area (TPSA) is 66.9 Å². The van der Waals surface area contributed by atoms with Crippen molar-refractivity contribution >= 4 is 17.9 Å². The van der Waals surface area contributed by atoms with Crippen LogP contribution in [0.15, 0.2) is 24.3 Å². The molecule has 1 aromatic carbocycles. The average Bonchev–Trinajstić information content (AvgIpc) is 2.73. The van der Waals surface area contributed by atoms with E-state index in [1.807, 2.05) is 31.2 Å². The summed E-state index contributed by atoms with van der Waals surface area (Å²) >= 11 is 0. The second-order valence-electron chi connectivity index (χ2n) is 5.45. The van der Waals surface area contributed by atoms with Crippen LogP contribution in [-0.4, -0.2) is 53.9 Å². The Morgan fingerprint density at radius 2 is 2.00 bits per heavy atom. The number of aryl methyl sites for hydroxylation is 1. The number of carbonyl (C=O) groups is 3. The van der Waals surface area contributed by atoms with E-state index in [4.69, 9.17) is 0 Å². The Kier molecular flexibility index (Phi) is 3.37. The second-order valence-corrected chi connectivity index (χ2v) is 5.45. The lowest BCUT2D eigenvalue weighted by molar-refractivity contribution is -0.126. The van der Waals surface area contributed by atoms with E-state index in [1.165, 1.54) is 0 Å². The molecule has 0 bridgehead atoms. The summed E-state index contributed by atoms with van der Waals surface area (Å²) in [5.41, 5.74) is 1.65. The number of ether oxygens (including phenoxy) is 1. The molecule has 0 radical (unpaired) electrons. The third kappa shape index (κ3) is 2.49. The number of likely N-dealkylation sites (tertiary alicyclic amines) is 1. The summed E-state index contributed by atoms with van der Waals surface area (Å²) in [6.45, 7) is 3.19. The molecule has 0 N–H and O–H groups in total. The van der Waals surface area contributed by atoms with Crippen LogP contribution in [0.2, 0.25) is 0 Å². The Hall–Kier alpha value is -2.37. The zero-order valence-electron chi connectivity index (χ0n) is 11.7. The summed E-state index contributed by atoms with van der Waals surface area (Å²) in [5.74, 6) is -0.170. The standard InChI is InChI=1S/C15H16N2O4/c1-10-4-2-3-5-12(10)14(19)16-6-11(7-16)8-17-13(18)9-21-15(17)20/h2-5,11H,6-9H2,1H3. The van der Waals surface area contributed by atoms with Gasteiger partial charge in [-0.3, -0.25) is 9.59 Å². The molecule has 0 atom stereocenters. The van der Waals surface area contributed by atoms with Crippen molar-refractivity contribution in [3.8, 4) is 0 Å². The van der Waals surface area contributed by atoms with E-state index in [0.717, 1.165) is 10.5 Å². The first-order valence-corrected chi connectivity index (χ1v) is 6.88. The van der Waals surface area contributed by atoms with Gasteiger partial charge in [0, 0.05) is 31.1 Å². The quantitative estimate of drug-likeness (QED) is 0.833. The number of amides is 3. The summed E-state index contributed by atoms with van der Waals surface area (Å²) in [4.78, 5) is 38.0. The summed E-state index contributed by atoms with van der Waals surface area (Å²) in [5, 5.41) is 0. The molecular weight excluding hydrogens is 272 g/mol. The zero-order valence-corrected chi connectivity index (χ0v) is 11.7. The van der Waals surface area contributed by atoms with Crippen LogP contribution in [0.4, 0.5) is 4.79 Å². The monoisotopic (exact) mass is 288 g/mol. The average molecular weight is 288 g/mol. The van der Waals surface area contributed by atoms with Crippen LogP contribution in [0.25, 0.3) is 0 Å². The summed E-state index contributed by atoms with van der Waals surface area (Å²) in [6, 6.07) is 7.46. The third-order valence-corrected chi connectivity index (χ3v) is 3.90. The number of carbonyl (C=O) groups excluding carboxylic acids is 3. The second kappa shape index (κ2) is 5.20. The van der Waals surface area contributed by atoms with Gasteiger partial charge in [0.15, 0.2) is 6.61 Å². The number of cyclic esters (lactones) is 1. The molecule has 0 spiro atoms. The Morgan fingerprint density at radius 3 is 2.62 bits per heavy atom. The predicted octanol–water partition coefficient (Wildman–Crippen LogP) is 1.05. The maximum absolute atomic E-state index is 12.3. The van der Waals surface area contributed by atoms with Crippen molar-refractivity contribution in [2.24, 2.45) is 5.92 Å². The van der Waals surface area contributed by atoms with Crippen molar-refractivity contribution < 1.29 is 19.1 Å². The number of hydrogen-bond acceptors (Lipinski definition) is 4. The first-order valence-electron chi connectivity index (χ1n) is 6.88. The predicted molar refractivity (Wildman–Crippen MR) is 73.6 cm³/mol. The molecule has 3 rings (SSSR count). The van der Waals surface area contributed by atoms with Gasteiger partial charge in [0.1, 0.15) is 0 Å². The highest BCUT2D eigenvalue weighted by molar-refractivity contribution is 5.98. The number of hydrogen-bond donors (Lipinski definition) is 0. The highest BCUT2D eigenvalue weighted by Gasteiger charge is 2.38. The van der Waals surface area contributed by atoms with Gasteiger partial charge in [-0.1, -0.05) is 18.2 Å². The van der Waals surface area contributed by atoms with Crippen molar-refractivity contribution in [2.75, 3.05) is 26.2 Å². The van der Waals surface area contributed by atoms with E-state index in [9.17, 15) is 14.4 Å². The van der Waals surface area contributed by atoms with E-state index in [2.05, 4.69) is 4.74 Å². The number of rotatable bonds is 3. The molecule has 0 saturated carbocycles. The highest BCUT2D eigenvalue weighted by atomic mass is 16.6. The Labute approximate surface area is 122 Å². The normalized spacial score (nSPS) is 18.7. The van der Waals surface area contributed by atoms with E-state index >= 15 is 0 Å². The van der Waals surface area contributed by atoms with Gasteiger partial charge >= 0.3 is 6.09 Å². The van der Waals surface area contributed by atoms with Crippen LogP contribution in [0.1, 0.15) is 15.9 Å². The van der Waals surface area contributed by atoms with Crippen LogP contribution < -0.4 is 0 Å². The van der Waals surface area contributed by atoms with E-state index < -0.39 is 6.09 Å². The maximum Gasteiger partial charge on any atom is 0.417 e. The zero-order chi connectivity index (χ0) is 15.0. The van der Waals surface area contributed by atoms with Gasteiger partial charge in [0.05, 0.1) is 0 Å². The minimum Gasteiger partial charge on any atom is -0.439 e. The lowest BCUT2D eigenvalue weighted by atomic mass is 9.97. The van der Waals surface area contributed by atoms with Crippen molar-refractivity contribution in [2.45, 2.75) is 6.92 Å². The molecule has 0 aliphatic carbocycles. The van der Waals surface area contributed by atoms with Gasteiger partial charge < -0.3 is 9.64 Å². The van der Waals surface area contributed by atoms with Crippen LogP contribution in [-0.2, 0) is 9.53 Å². The van der Waals surface area contributed by atoms with E-state index in [-0.39, 0.29) is 24.3 Å². The molecule has 2 aliphatic heterocycles. The van der Waals surface area contributed by atoms with Crippen LogP contribution in [0.3, 0.4) is 0 Å². The van der Waals surface area contributed by atoms with Gasteiger partial charge in [-0.25, -0.2) is 9.69 Å². The molecule has 6 nitrogen and oxygen atoms in total. The first-order chi connectivity index (χ1) is 10.1. The minimum atomic E-state index is -0.580. The smallest absolute Gasteiger partial charge is 0.417 e. The molecule has 0 unspecified atom stereocenters. The van der Waals surface area contributed by atoms with Gasteiger partial charge in [-0.05, 0) is 18.6 Å². The van der Waals surface area contributed by atoms with E-state index in [0.29, 0.717) is 25.2 Å². The summed E-state index contributed by atoms with van der Waals surface area (Å²) in [7, 11) is 0. The fourth-order valence-corrected chi connectivity index (χ4v) is 2.65. The molecule has 110 valence electrons. The molecule has 2 heterocycles. The lowest BCUT2D eigenvalue weighted by Gasteiger charge is -2.40. The number of nitrogens with zero attached hydrogens (tertiary/aromatic N) is 2. The molecule has 21 heavy (non-hydrogen) atoms. The van der Waals surface area contributed by atoms with Crippen LogP contribution in [0, 0.1) is 12.8 Å². The third-order valence-electron chi connectivity index (χ3n) is 3.90. The fraction of sp³-hybridized carbons (Fsp3) is 0.400. The molecule has 3 amide bonds. The van der Waals surface area contributed by atoms with Gasteiger partial charge in [-0.15, -0.1) is 0 Å². The Morgan fingerprint density at radius 1 is 1.29 bits per heavy atom. The maximum atomic E-state index is 12.3. The number of benzene rings is 1. The highest BCUT2D eigenvalue weighted by Crippen LogP contribution is 2.22. The van der Waals surface area contributed by atoms with Gasteiger partial charge in [0.2, 0.25) is 0 Å². The lowest BCUT2D eigenvalue weighted by Crippen LogP contribution is -2.54. The van der Waals surface area contributed by atoms with Crippen LogP contribution >= 0.6 is 0 Å². The minimum absolute atomic E-state index is 0.000301. The van der Waals surface area contributed by atoms with Crippen molar-refractivity contribution in [1.82, 2.24) is 9.80 Å². The van der Waals surface area contributed by atoms with Crippen molar-refractivity contribution in [1.29, 1.82) is 0 Å². The SMILES string of the molecule is Cc1ccccc1C(=O)N1CC(CN2C(=O)COC2=O)C1. The van der Waals surface area contributed by atoms with E-state index in [1.54, 1.807) is 4.90 Å². The Bertz CT molecular complexity index is 591. The van der Waals surface area contributed by atoms with Gasteiger partial charge in [-0.2, -0.15) is 0 Å². The molecule has 2 fully saturated rings. The van der Waals surface area contributed by atoms with Crippen molar-refractivity contribution in [3.05, 3.63) is 35.4 Å². The van der Waals surface area contributed by atoms with Crippen LogP contribution in [0.5, 0.6) is 0 Å². The largest absolute Gasteiger partial charge is 0.439 e. The molecule has 6 heteroatoms. The van der Waals surface area contributed by atoms with Crippen molar-refractivity contribution in [3.63, 3.8) is 0 Å². The molecule has 0 aromatic heterocycles. The first kappa shape index (κ1) is 13.6. The number of imide groups is 1. The molecule has 2 saturated heterocycles. The summed E-state index contributed by atoms with van der Waals surface area (Å²) in [6.07, 6.45) is -0.580. The molecular formula is C15H16N2O4. The summed E-state index contributed by atoms with van der Waals surface area (Å²) < 4.78 is 4.66. The molecule has 2 aliphatic rings. The van der Waals surface area contributed by atoms with Gasteiger partial charge in [0.25, 0.3) is 11.8 Å².